The molecule has 0 aromatic heterocycles. The Kier molecular flexibility index (Phi) is 3.68. The SMILES string of the molecule is O=[N+]1C=C(c2cccc(C(F)(F)F)c2)N([O-])C2CCCCC21. The molecule has 0 bridgehead atoms. The number of benzene rings is 1. The number of fused-ring (bicyclic) bond motifs is 1. The van der Waals surface area contributed by atoms with Crippen molar-refractivity contribution in [2.24, 2.45) is 0 Å². The van der Waals surface area contributed by atoms with Gasteiger partial charge in [0.15, 0.2) is 0 Å². The summed E-state index contributed by atoms with van der Waals surface area (Å²) in [6, 6.07) is 3.63. The van der Waals surface area contributed by atoms with Crippen molar-refractivity contribution in [3.05, 3.63) is 51.7 Å². The third-order valence-corrected chi connectivity index (χ3v) is 4.29. The Morgan fingerprint density at radius 2 is 1.95 bits per heavy atom. The van der Waals surface area contributed by atoms with E-state index in [9.17, 15) is 23.3 Å². The molecule has 1 saturated carbocycles. The Hall–Kier alpha value is -1.89. The molecule has 22 heavy (non-hydrogen) atoms. The van der Waals surface area contributed by atoms with Crippen LogP contribution in [0.25, 0.3) is 5.70 Å². The van der Waals surface area contributed by atoms with Crippen LogP contribution in [0.4, 0.5) is 13.2 Å². The molecule has 0 amide bonds. The highest BCUT2D eigenvalue weighted by atomic mass is 19.4. The van der Waals surface area contributed by atoms with Gasteiger partial charge in [0.2, 0.25) is 12.2 Å². The largest absolute Gasteiger partial charge is 0.758 e. The van der Waals surface area contributed by atoms with Crippen molar-refractivity contribution in [3.8, 4) is 0 Å². The number of alkyl halides is 3. The Bertz CT molecular complexity index is 627. The average molecular weight is 312 g/mol. The minimum Gasteiger partial charge on any atom is -0.758 e. The molecule has 3 rings (SSSR count). The third kappa shape index (κ3) is 2.61. The smallest absolute Gasteiger partial charge is 0.416 e. The number of halogens is 3. The van der Waals surface area contributed by atoms with Crippen LogP contribution in [0.1, 0.15) is 36.8 Å². The fourth-order valence-electron chi connectivity index (χ4n) is 3.17. The van der Waals surface area contributed by atoms with Crippen LogP contribution in [0.15, 0.2) is 30.5 Å². The Morgan fingerprint density at radius 3 is 2.68 bits per heavy atom. The highest BCUT2D eigenvalue weighted by Gasteiger charge is 2.42. The first-order valence-electron chi connectivity index (χ1n) is 7.19. The Morgan fingerprint density at radius 1 is 1.23 bits per heavy atom. The van der Waals surface area contributed by atoms with Crippen LogP contribution in [0, 0.1) is 10.1 Å². The number of hydrogen-bond acceptors (Lipinski definition) is 3. The van der Waals surface area contributed by atoms with E-state index in [1.165, 1.54) is 12.1 Å². The van der Waals surface area contributed by atoms with Gasteiger partial charge < -0.3 is 10.3 Å². The van der Waals surface area contributed by atoms with Gasteiger partial charge in [0.1, 0.15) is 5.70 Å². The molecule has 1 heterocycles. The van der Waals surface area contributed by atoms with Crippen molar-refractivity contribution >= 4 is 5.70 Å². The molecule has 1 aromatic carbocycles. The number of hydrogen-bond donors (Lipinski definition) is 0. The molecule has 7 heteroatoms. The van der Waals surface area contributed by atoms with Crippen LogP contribution in [0.2, 0.25) is 0 Å². The summed E-state index contributed by atoms with van der Waals surface area (Å²) in [5.74, 6) is 0. The van der Waals surface area contributed by atoms with E-state index in [2.05, 4.69) is 0 Å². The zero-order valence-corrected chi connectivity index (χ0v) is 11.7. The number of hydroxylamine groups is 2. The zero-order chi connectivity index (χ0) is 15.9. The highest BCUT2D eigenvalue weighted by molar-refractivity contribution is 5.65. The van der Waals surface area contributed by atoms with E-state index in [0.717, 1.165) is 35.9 Å². The number of nitroso groups, excluding NO2 is 1. The summed E-state index contributed by atoms with van der Waals surface area (Å²) in [6.45, 7) is 0. The lowest BCUT2D eigenvalue weighted by molar-refractivity contribution is -0.536. The van der Waals surface area contributed by atoms with Crippen molar-refractivity contribution in [1.82, 2.24) is 5.06 Å². The lowest BCUT2D eigenvalue weighted by atomic mass is 9.88. The molecule has 0 spiro atoms. The van der Waals surface area contributed by atoms with Gasteiger partial charge in [-0.05, 0) is 25.0 Å². The molecule has 4 nitrogen and oxygen atoms in total. The van der Waals surface area contributed by atoms with Crippen LogP contribution in [0.5, 0.6) is 0 Å². The topological polar surface area (TPSA) is 46.4 Å². The van der Waals surface area contributed by atoms with E-state index in [1.807, 2.05) is 0 Å². The zero-order valence-electron chi connectivity index (χ0n) is 11.7. The molecular formula is C15H15F3N2O2. The first-order chi connectivity index (χ1) is 10.4. The quantitative estimate of drug-likeness (QED) is 0.739. The Balaban J connectivity index is 1.99. The van der Waals surface area contributed by atoms with Gasteiger partial charge in [0.25, 0.3) is 0 Å². The molecule has 1 aliphatic heterocycles. The van der Waals surface area contributed by atoms with Crippen molar-refractivity contribution in [1.29, 1.82) is 0 Å². The predicted octanol–water partition coefficient (Wildman–Crippen LogP) is 3.91. The van der Waals surface area contributed by atoms with Crippen LogP contribution in [-0.4, -0.2) is 21.9 Å². The maximum atomic E-state index is 12.8. The second-order valence-corrected chi connectivity index (χ2v) is 5.70. The lowest BCUT2D eigenvalue weighted by Crippen LogP contribution is -2.49. The molecule has 1 fully saturated rings. The van der Waals surface area contributed by atoms with E-state index in [0.29, 0.717) is 17.9 Å². The molecule has 0 N–H and O–H groups in total. The maximum absolute atomic E-state index is 12.8. The van der Waals surface area contributed by atoms with Crippen LogP contribution in [-0.2, 0) is 6.18 Å². The van der Waals surface area contributed by atoms with Gasteiger partial charge in [0.05, 0.1) is 11.6 Å². The van der Waals surface area contributed by atoms with E-state index in [4.69, 9.17) is 0 Å². The van der Waals surface area contributed by atoms with Crippen LogP contribution < -0.4 is 0 Å². The first-order valence-corrected chi connectivity index (χ1v) is 7.19. The highest BCUT2D eigenvalue weighted by Crippen LogP contribution is 2.36. The van der Waals surface area contributed by atoms with Gasteiger partial charge in [-0.2, -0.15) is 13.2 Å². The van der Waals surface area contributed by atoms with E-state index >= 15 is 0 Å². The summed E-state index contributed by atoms with van der Waals surface area (Å²) in [4.78, 5) is 12.1. The van der Waals surface area contributed by atoms with Gasteiger partial charge in [-0.1, -0.05) is 18.6 Å². The van der Waals surface area contributed by atoms with Crippen molar-refractivity contribution < 1.29 is 17.9 Å². The average Bonchev–Trinajstić information content (AvgIpc) is 2.50. The monoisotopic (exact) mass is 312 g/mol. The molecule has 2 unspecified atom stereocenters. The molecule has 0 saturated heterocycles. The van der Waals surface area contributed by atoms with Gasteiger partial charge in [-0.25, -0.2) is 0 Å². The third-order valence-electron chi connectivity index (χ3n) is 4.29. The second-order valence-electron chi connectivity index (χ2n) is 5.70. The summed E-state index contributed by atoms with van der Waals surface area (Å²) in [6.07, 6.45) is -0.398. The van der Waals surface area contributed by atoms with Gasteiger partial charge in [-0.15, -0.1) is 0 Å². The lowest BCUT2D eigenvalue weighted by Gasteiger charge is -2.44. The standard InChI is InChI=1S/C15H15F3N2O2/c16-15(17,18)11-5-3-4-10(8-11)14-9-19(21)12-6-1-2-7-13(12)20(14)22/h3-5,8-9,12-13H,1-2,6-7H2. The predicted molar refractivity (Wildman–Crippen MR) is 74.3 cm³/mol. The first kappa shape index (κ1) is 15.0. The van der Waals surface area contributed by atoms with Crippen LogP contribution >= 0.6 is 0 Å². The van der Waals surface area contributed by atoms with Crippen molar-refractivity contribution in [3.63, 3.8) is 0 Å². The molecule has 0 radical (unpaired) electrons. The normalized spacial score (nSPS) is 25.7. The molecule has 1 aliphatic carbocycles. The summed E-state index contributed by atoms with van der Waals surface area (Å²) < 4.78 is 39.1. The second kappa shape index (κ2) is 5.39. The fraction of sp³-hybridized carbons (Fsp3) is 0.467. The summed E-state index contributed by atoms with van der Waals surface area (Å²) in [5, 5.41) is 13.2. The summed E-state index contributed by atoms with van der Waals surface area (Å²) >= 11 is 0. The number of rotatable bonds is 1. The number of nitrogens with zero attached hydrogens (tertiary/aromatic N) is 2. The summed E-state index contributed by atoms with van der Waals surface area (Å²) in [7, 11) is 0. The summed E-state index contributed by atoms with van der Waals surface area (Å²) in [5.41, 5.74) is -0.707. The Labute approximate surface area is 125 Å². The van der Waals surface area contributed by atoms with E-state index < -0.39 is 23.8 Å². The van der Waals surface area contributed by atoms with Crippen molar-refractivity contribution in [2.45, 2.75) is 43.9 Å². The molecule has 2 aliphatic rings. The maximum Gasteiger partial charge on any atom is 0.416 e. The van der Waals surface area contributed by atoms with Gasteiger partial charge in [-0.3, -0.25) is 0 Å². The fourth-order valence-corrected chi connectivity index (χ4v) is 3.17. The van der Waals surface area contributed by atoms with E-state index in [-0.39, 0.29) is 11.3 Å². The molecule has 118 valence electrons. The molecular weight excluding hydrogens is 297 g/mol. The van der Waals surface area contributed by atoms with Gasteiger partial charge >= 0.3 is 6.18 Å². The minimum atomic E-state index is -4.48. The van der Waals surface area contributed by atoms with E-state index in [1.54, 1.807) is 0 Å². The van der Waals surface area contributed by atoms with Crippen molar-refractivity contribution in [2.75, 3.05) is 0 Å². The minimum absolute atomic E-state index is 0.00394. The molecule has 2 atom stereocenters. The van der Waals surface area contributed by atoms with Gasteiger partial charge in [0, 0.05) is 21.7 Å². The molecule has 1 aromatic rings. The van der Waals surface area contributed by atoms with Crippen LogP contribution in [0.3, 0.4) is 0 Å².